The number of carbonyl (C=O) groups is 2. The van der Waals surface area contributed by atoms with E-state index >= 15 is 0 Å². The first-order valence-corrected chi connectivity index (χ1v) is 12.3. The highest BCUT2D eigenvalue weighted by atomic mass is 32.1. The largest absolute Gasteiger partial charge is 0.454 e. The van der Waals surface area contributed by atoms with Crippen LogP contribution in [-0.2, 0) is 9.53 Å². The van der Waals surface area contributed by atoms with Gasteiger partial charge in [0.2, 0.25) is 6.79 Å². The third-order valence-electron chi connectivity index (χ3n) is 6.00. The number of hydrogen-bond acceptors (Lipinski definition) is 7. The van der Waals surface area contributed by atoms with Gasteiger partial charge < -0.3 is 19.1 Å². The number of benzene rings is 2. The molecule has 1 aromatic heterocycles. The van der Waals surface area contributed by atoms with Gasteiger partial charge in [-0.1, -0.05) is 18.2 Å². The second-order valence-electron chi connectivity index (χ2n) is 8.32. The summed E-state index contributed by atoms with van der Waals surface area (Å²) in [5.74, 6) is -0.0642. The molecule has 0 radical (unpaired) electrons. The fourth-order valence-electron chi connectivity index (χ4n) is 4.21. The topological polar surface area (TPSA) is 80.7 Å². The number of hydrazone groups is 1. The molecule has 0 saturated heterocycles. The number of carbonyl (C=O) groups excluding carboxylic acids is 2. The molecule has 0 N–H and O–H groups in total. The van der Waals surface area contributed by atoms with Crippen LogP contribution < -0.4 is 9.47 Å². The SMILES string of the molecule is COCCN(CC(=O)N1N=C(c2cccs2)CC1c1ccc2c(c1)OCO2)C(=O)c1cccc(F)c1. The lowest BCUT2D eigenvalue weighted by Crippen LogP contribution is -2.42. The Morgan fingerprint density at radius 2 is 2.03 bits per heavy atom. The molecule has 2 aromatic carbocycles. The van der Waals surface area contributed by atoms with Gasteiger partial charge in [-0.25, -0.2) is 9.40 Å². The van der Waals surface area contributed by atoms with Gasteiger partial charge in [0.1, 0.15) is 12.4 Å². The van der Waals surface area contributed by atoms with Gasteiger partial charge in [0.25, 0.3) is 11.8 Å². The highest BCUT2D eigenvalue weighted by Gasteiger charge is 2.35. The van der Waals surface area contributed by atoms with Crippen molar-refractivity contribution in [3.63, 3.8) is 0 Å². The zero-order valence-electron chi connectivity index (χ0n) is 19.6. The highest BCUT2D eigenvalue weighted by Crippen LogP contribution is 2.39. The lowest BCUT2D eigenvalue weighted by atomic mass is 10.0. The quantitative estimate of drug-likeness (QED) is 0.457. The van der Waals surface area contributed by atoms with Crippen molar-refractivity contribution in [2.24, 2.45) is 5.10 Å². The number of ether oxygens (including phenoxy) is 3. The molecular formula is C26H24FN3O5S. The molecule has 2 amide bonds. The Balaban J connectivity index is 1.42. The van der Waals surface area contributed by atoms with Crippen LogP contribution in [0, 0.1) is 5.82 Å². The van der Waals surface area contributed by atoms with Crippen molar-refractivity contribution in [3.8, 4) is 11.5 Å². The molecule has 0 aliphatic carbocycles. The molecule has 0 spiro atoms. The van der Waals surface area contributed by atoms with Crippen LogP contribution in [0.1, 0.15) is 33.3 Å². The van der Waals surface area contributed by atoms with Gasteiger partial charge in [-0.15, -0.1) is 11.3 Å². The molecule has 0 bridgehead atoms. The third-order valence-corrected chi connectivity index (χ3v) is 6.92. The molecule has 8 nitrogen and oxygen atoms in total. The fraction of sp³-hybridized carbons (Fsp3) is 0.269. The highest BCUT2D eigenvalue weighted by molar-refractivity contribution is 7.12. The lowest BCUT2D eigenvalue weighted by molar-refractivity contribution is -0.133. The van der Waals surface area contributed by atoms with Crippen molar-refractivity contribution in [2.45, 2.75) is 12.5 Å². The van der Waals surface area contributed by atoms with Crippen LogP contribution in [0.25, 0.3) is 0 Å². The van der Waals surface area contributed by atoms with Gasteiger partial charge in [-0.05, 0) is 47.3 Å². The Hall–Kier alpha value is -3.76. The van der Waals surface area contributed by atoms with E-state index in [2.05, 4.69) is 5.10 Å². The van der Waals surface area contributed by atoms with Crippen LogP contribution in [0.15, 0.2) is 65.1 Å². The molecule has 2 aliphatic heterocycles. The number of thiophene rings is 1. The molecule has 36 heavy (non-hydrogen) atoms. The fourth-order valence-corrected chi connectivity index (χ4v) is 4.93. The van der Waals surface area contributed by atoms with Crippen LogP contribution in [0.2, 0.25) is 0 Å². The van der Waals surface area contributed by atoms with Crippen LogP contribution in [-0.4, -0.2) is 61.0 Å². The van der Waals surface area contributed by atoms with Crippen molar-refractivity contribution in [2.75, 3.05) is 33.6 Å². The number of fused-ring (bicyclic) bond motifs is 1. The van der Waals surface area contributed by atoms with E-state index in [4.69, 9.17) is 14.2 Å². The molecule has 186 valence electrons. The normalized spacial score (nSPS) is 16.2. The van der Waals surface area contributed by atoms with Gasteiger partial charge in [0.15, 0.2) is 11.5 Å². The Kier molecular flexibility index (Phi) is 6.97. The van der Waals surface area contributed by atoms with E-state index in [1.54, 1.807) is 11.3 Å². The minimum absolute atomic E-state index is 0.152. The molecule has 3 heterocycles. The summed E-state index contributed by atoms with van der Waals surface area (Å²) in [6.45, 7) is 0.311. The molecule has 5 rings (SSSR count). The maximum atomic E-state index is 13.8. The number of nitrogens with zero attached hydrogens (tertiary/aromatic N) is 3. The molecule has 0 saturated carbocycles. The molecule has 3 aromatic rings. The maximum absolute atomic E-state index is 13.8. The molecule has 1 unspecified atom stereocenters. The zero-order chi connectivity index (χ0) is 25.1. The number of hydrogen-bond donors (Lipinski definition) is 0. The Labute approximate surface area is 211 Å². The first-order valence-electron chi connectivity index (χ1n) is 11.4. The second kappa shape index (κ2) is 10.5. The average molecular weight is 510 g/mol. The maximum Gasteiger partial charge on any atom is 0.262 e. The molecule has 0 fully saturated rings. The van der Waals surface area contributed by atoms with Crippen LogP contribution in [0.4, 0.5) is 4.39 Å². The summed E-state index contributed by atoms with van der Waals surface area (Å²) in [7, 11) is 1.51. The van der Waals surface area contributed by atoms with Crippen LogP contribution in [0.5, 0.6) is 11.5 Å². The van der Waals surface area contributed by atoms with Crippen molar-refractivity contribution in [1.82, 2.24) is 9.91 Å². The van der Waals surface area contributed by atoms with Crippen molar-refractivity contribution >= 4 is 28.9 Å². The summed E-state index contributed by atoms with van der Waals surface area (Å²) in [5.41, 5.74) is 1.80. The summed E-state index contributed by atoms with van der Waals surface area (Å²) in [6, 6.07) is 14.5. The van der Waals surface area contributed by atoms with E-state index in [9.17, 15) is 14.0 Å². The second-order valence-corrected chi connectivity index (χ2v) is 9.27. The Morgan fingerprint density at radius 3 is 2.81 bits per heavy atom. The van der Waals surface area contributed by atoms with Crippen molar-refractivity contribution in [1.29, 1.82) is 0 Å². The minimum atomic E-state index is -0.522. The first-order chi connectivity index (χ1) is 17.5. The zero-order valence-corrected chi connectivity index (χ0v) is 20.4. The number of amides is 2. The molecular weight excluding hydrogens is 485 g/mol. The predicted octanol–water partition coefficient (Wildman–Crippen LogP) is 4.08. The lowest BCUT2D eigenvalue weighted by Gasteiger charge is -2.27. The molecule has 2 aliphatic rings. The van der Waals surface area contributed by atoms with Crippen LogP contribution >= 0.6 is 11.3 Å². The van der Waals surface area contributed by atoms with E-state index in [1.165, 1.54) is 35.2 Å². The standard InChI is InChI=1S/C26H24FN3O5S/c1-33-10-9-29(26(32)18-4-2-5-19(27)12-18)15-25(31)30-21(14-20(28-30)24-6-3-11-36-24)17-7-8-22-23(13-17)35-16-34-22/h2-8,11-13,21H,9-10,14-16H2,1H3. The summed E-state index contributed by atoms with van der Waals surface area (Å²) < 4.78 is 29.9. The van der Waals surface area contributed by atoms with Gasteiger partial charge in [0, 0.05) is 25.6 Å². The Bertz CT molecular complexity index is 1300. The number of rotatable bonds is 8. The Morgan fingerprint density at radius 1 is 1.17 bits per heavy atom. The molecule has 10 heteroatoms. The summed E-state index contributed by atoms with van der Waals surface area (Å²) in [5, 5.41) is 8.07. The van der Waals surface area contributed by atoms with E-state index in [0.29, 0.717) is 17.9 Å². The predicted molar refractivity (Wildman–Crippen MR) is 132 cm³/mol. The van der Waals surface area contributed by atoms with E-state index in [0.717, 1.165) is 22.2 Å². The van der Waals surface area contributed by atoms with E-state index in [-0.39, 0.29) is 44.0 Å². The summed E-state index contributed by atoms with van der Waals surface area (Å²) in [6.07, 6.45) is 0.516. The first kappa shape index (κ1) is 24.0. The van der Waals surface area contributed by atoms with Gasteiger partial charge in [0.05, 0.1) is 23.2 Å². The minimum Gasteiger partial charge on any atom is -0.454 e. The van der Waals surface area contributed by atoms with Crippen LogP contribution in [0.3, 0.4) is 0 Å². The smallest absolute Gasteiger partial charge is 0.262 e. The van der Waals surface area contributed by atoms with Gasteiger partial charge in [-0.3, -0.25) is 9.59 Å². The van der Waals surface area contributed by atoms with Gasteiger partial charge >= 0.3 is 0 Å². The van der Waals surface area contributed by atoms with Gasteiger partial charge in [-0.2, -0.15) is 5.10 Å². The van der Waals surface area contributed by atoms with Crippen molar-refractivity contribution < 1.29 is 28.2 Å². The van der Waals surface area contributed by atoms with E-state index < -0.39 is 11.7 Å². The summed E-state index contributed by atoms with van der Waals surface area (Å²) in [4.78, 5) is 29.1. The number of methoxy groups -OCH3 is 1. The van der Waals surface area contributed by atoms with E-state index in [1.807, 2.05) is 35.7 Å². The number of halogens is 1. The monoisotopic (exact) mass is 509 g/mol. The third kappa shape index (κ3) is 4.95. The summed E-state index contributed by atoms with van der Waals surface area (Å²) >= 11 is 1.55. The molecule has 1 atom stereocenters. The van der Waals surface area contributed by atoms with Crippen molar-refractivity contribution in [3.05, 3.63) is 81.8 Å². The average Bonchev–Trinajstić information content (AvgIpc) is 3.65.